The SMILES string of the molecule is C=C(C)C(=O)OCCCCOP(=O)(OC)OC. The Balaban J connectivity index is 3.57. The fourth-order valence-electron chi connectivity index (χ4n) is 0.848. The monoisotopic (exact) mass is 266 g/mol. The van der Waals surface area contributed by atoms with E-state index in [9.17, 15) is 9.36 Å². The number of phosphoric ester groups is 1. The molecule has 0 aliphatic rings. The molecule has 0 saturated carbocycles. The van der Waals surface area contributed by atoms with Gasteiger partial charge in [-0.15, -0.1) is 0 Å². The molecular formula is C10H19O6P. The molecule has 0 rings (SSSR count). The van der Waals surface area contributed by atoms with Crippen molar-refractivity contribution in [2.24, 2.45) is 0 Å². The minimum absolute atomic E-state index is 0.212. The number of phosphoric acid groups is 1. The zero-order valence-electron chi connectivity index (χ0n) is 10.4. The van der Waals surface area contributed by atoms with Gasteiger partial charge in [-0.2, -0.15) is 0 Å². The van der Waals surface area contributed by atoms with Crippen LogP contribution in [0.5, 0.6) is 0 Å². The topological polar surface area (TPSA) is 71.1 Å². The van der Waals surface area contributed by atoms with E-state index in [0.717, 1.165) is 0 Å². The van der Waals surface area contributed by atoms with Crippen LogP contribution in [0, 0.1) is 0 Å². The summed E-state index contributed by atoms with van der Waals surface area (Å²) < 4.78 is 30.4. The first-order valence-corrected chi connectivity index (χ1v) is 6.60. The molecule has 0 aliphatic carbocycles. The molecule has 0 unspecified atom stereocenters. The summed E-state index contributed by atoms with van der Waals surface area (Å²) in [7, 11) is -0.889. The summed E-state index contributed by atoms with van der Waals surface area (Å²) in [6, 6.07) is 0. The number of hydrogen-bond donors (Lipinski definition) is 0. The van der Waals surface area contributed by atoms with Crippen LogP contribution in [0.1, 0.15) is 19.8 Å². The van der Waals surface area contributed by atoms with Crippen molar-refractivity contribution in [2.45, 2.75) is 19.8 Å². The number of carbonyl (C=O) groups excluding carboxylic acids is 1. The minimum atomic E-state index is -3.39. The lowest BCUT2D eigenvalue weighted by molar-refractivity contribution is -0.139. The lowest BCUT2D eigenvalue weighted by atomic mass is 10.3. The molecular weight excluding hydrogens is 247 g/mol. The van der Waals surface area contributed by atoms with E-state index in [1.54, 1.807) is 6.92 Å². The number of hydrogen-bond acceptors (Lipinski definition) is 6. The van der Waals surface area contributed by atoms with Crippen LogP contribution in [0.2, 0.25) is 0 Å². The summed E-state index contributed by atoms with van der Waals surface area (Å²) >= 11 is 0. The van der Waals surface area contributed by atoms with Crippen molar-refractivity contribution in [3.05, 3.63) is 12.2 Å². The smallest absolute Gasteiger partial charge is 0.462 e. The Hall–Kier alpha value is -0.680. The molecule has 0 aromatic heterocycles. The number of rotatable bonds is 9. The predicted molar refractivity (Wildman–Crippen MR) is 62.6 cm³/mol. The van der Waals surface area contributed by atoms with Crippen molar-refractivity contribution in [1.82, 2.24) is 0 Å². The fraction of sp³-hybridized carbons (Fsp3) is 0.700. The standard InChI is InChI=1S/C10H19O6P/c1-9(2)10(11)15-7-5-6-8-16-17(12,13-3)14-4/h1,5-8H2,2-4H3. The summed E-state index contributed by atoms with van der Waals surface area (Å²) in [5.74, 6) is -0.412. The third kappa shape index (κ3) is 7.28. The molecule has 0 aromatic carbocycles. The fourth-order valence-corrected chi connectivity index (χ4v) is 1.56. The lowest BCUT2D eigenvalue weighted by Gasteiger charge is -2.12. The summed E-state index contributed by atoms with van der Waals surface area (Å²) in [4.78, 5) is 11.0. The quantitative estimate of drug-likeness (QED) is 0.276. The molecule has 6 nitrogen and oxygen atoms in total. The van der Waals surface area contributed by atoms with Gasteiger partial charge in [0.1, 0.15) is 0 Å². The number of ether oxygens (including phenoxy) is 1. The van der Waals surface area contributed by atoms with E-state index in [-0.39, 0.29) is 13.2 Å². The Bertz CT molecular complexity index is 293. The van der Waals surface area contributed by atoms with Gasteiger partial charge < -0.3 is 4.74 Å². The molecule has 0 fully saturated rings. The van der Waals surface area contributed by atoms with Gasteiger partial charge in [-0.1, -0.05) is 6.58 Å². The number of unbranched alkanes of at least 4 members (excludes halogenated alkanes) is 1. The number of esters is 1. The molecule has 0 bridgehead atoms. The molecule has 0 radical (unpaired) electrons. The first-order chi connectivity index (χ1) is 7.95. The molecule has 0 saturated heterocycles. The molecule has 0 heterocycles. The Labute approximate surface area is 101 Å². The van der Waals surface area contributed by atoms with Crippen LogP contribution in [-0.4, -0.2) is 33.4 Å². The van der Waals surface area contributed by atoms with Gasteiger partial charge in [0.05, 0.1) is 13.2 Å². The van der Waals surface area contributed by atoms with E-state index in [0.29, 0.717) is 18.4 Å². The van der Waals surface area contributed by atoms with Gasteiger partial charge in [0, 0.05) is 19.8 Å². The van der Waals surface area contributed by atoms with Crippen molar-refractivity contribution in [2.75, 3.05) is 27.4 Å². The van der Waals surface area contributed by atoms with Crippen LogP contribution in [0.25, 0.3) is 0 Å². The van der Waals surface area contributed by atoms with Crippen molar-refractivity contribution in [3.8, 4) is 0 Å². The van der Waals surface area contributed by atoms with E-state index in [2.05, 4.69) is 15.6 Å². The second-order valence-electron chi connectivity index (χ2n) is 3.27. The normalized spacial score (nSPS) is 11.2. The second-order valence-corrected chi connectivity index (χ2v) is 5.15. The third-order valence-corrected chi connectivity index (χ3v) is 3.21. The van der Waals surface area contributed by atoms with Crippen molar-refractivity contribution >= 4 is 13.8 Å². The van der Waals surface area contributed by atoms with Crippen LogP contribution < -0.4 is 0 Å². The van der Waals surface area contributed by atoms with Crippen LogP contribution >= 0.6 is 7.82 Å². The highest BCUT2D eigenvalue weighted by molar-refractivity contribution is 7.48. The molecule has 7 heteroatoms. The highest BCUT2D eigenvalue weighted by atomic mass is 31.2. The molecule has 0 atom stereocenters. The maximum absolute atomic E-state index is 11.4. The van der Waals surface area contributed by atoms with E-state index < -0.39 is 13.8 Å². The number of carbonyl (C=O) groups is 1. The van der Waals surface area contributed by atoms with Crippen molar-refractivity contribution < 1.29 is 27.7 Å². The first-order valence-electron chi connectivity index (χ1n) is 5.14. The minimum Gasteiger partial charge on any atom is -0.462 e. The van der Waals surface area contributed by atoms with Gasteiger partial charge in [-0.3, -0.25) is 13.6 Å². The summed E-state index contributed by atoms with van der Waals surface area (Å²) in [5.41, 5.74) is 0.365. The molecule has 0 aromatic rings. The van der Waals surface area contributed by atoms with Gasteiger partial charge in [0.2, 0.25) is 0 Å². The summed E-state index contributed by atoms with van der Waals surface area (Å²) in [6.07, 6.45) is 1.19. The molecule has 0 N–H and O–H groups in total. The Morgan fingerprint density at radius 2 is 1.71 bits per heavy atom. The molecule has 0 amide bonds. The van der Waals surface area contributed by atoms with Crippen LogP contribution in [-0.2, 0) is 27.7 Å². The second kappa shape index (κ2) is 8.42. The first kappa shape index (κ1) is 16.3. The Morgan fingerprint density at radius 3 is 2.18 bits per heavy atom. The zero-order chi connectivity index (χ0) is 13.3. The molecule has 100 valence electrons. The van der Waals surface area contributed by atoms with Gasteiger partial charge >= 0.3 is 13.8 Å². The maximum atomic E-state index is 11.4. The van der Waals surface area contributed by atoms with E-state index >= 15 is 0 Å². The zero-order valence-corrected chi connectivity index (χ0v) is 11.3. The average molecular weight is 266 g/mol. The largest absolute Gasteiger partial charge is 0.474 e. The Kier molecular flexibility index (Phi) is 8.08. The summed E-state index contributed by atoms with van der Waals surface area (Å²) in [5, 5.41) is 0. The van der Waals surface area contributed by atoms with Gasteiger partial charge in [-0.25, -0.2) is 9.36 Å². The van der Waals surface area contributed by atoms with E-state index in [1.165, 1.54) is 14.2 Å². The Morgan fingerprint density at radius 1 is 1.18 bits per heavy atom. The van der Waals surface area contributed by atoms with Crippen molar-refractivity contribution in [1.29, 1.82) is 0 Å². The lowest BCUT2D eigenvalue weighted by Crippen LogP contribution is -2.07. The van der Waals surface area contributed by atoms with Gasteiger partial charge in [0.15, 0.2) is 0 Å². The predicted octanol–water partition coefficient (Wildman–Crippen LogP) is 2.30. The van der Waals surface area contributed by atoms with Crippen molar-refractivity contribution in [3.63, 3.8) is 0 Å². The van der Waals surface area contributed by atoms with E-state index in [4.69, 9.17) is 9.26 Å². The maximum Gasteiger partial charge on any atom is 0.474 e. The van der Waals surface area contributed by atoms with Gasteiger partial charge in [0.25, 0.3) is 0 Å². The van der Waals surface area contributed by atoms with Crippen LogP contribution in [0.3, 0.4) is 0 Å². The molecule has 0 spiro atoms. The molecule has 0 aliphatic heterocycles. The summed E-state index contributed by atoms with van der Waals surface area (Å²) in [6.45, 7) is 5.53. The van der Waals surface area contributed by atoms with Crippen LogP contribution in [0.4, 0.5) is 0 Å². The van der Waals surface area contributed by atoms with Gasteiger partial charge in [-0.05, 0) is 19.8 Å². The van der Waals surface area contributed by atoms with Crippen LogP contribution in [0.15, 0.2) is 12.2 Å². The third-order valence-electron chi connectivity index (χ3n) is 1.82. The molecule has 17 heavy (non-hydrogen) atoms. The highest BCUT2D eigenvalue weighted by Gasteiger charge is 2.21. The highest BCUT2D eigenvalue weighted by Crippen LogP contribution is 2.47. The van der Waals surface area contributed by atoms with E-state index in [1.807, 2.05) is 0 Å². The average Bonchev–Trinajstić information content (AvgIpc) is 2.32.